The van der Waals surface area contributed by atoms with Crippen molar-refractivity contribution in [2.45, 2.75) is 39.7 Å². The summed E-state index contributed by atoms with van der Waals surface area (Å²) in [6, 6.07) is 6.68. The molecule has 0 aromatic heterocycles. The molecule has 0 unspecified atom stereocenters. The van der Waals surface area contributed by atoms with E-state index in [1.54, 1.807) is 0 Å². The molecule has 0 saturated heterocycles. The van der Waals surface area contributed by atoms with Crippen molar-refractivity contribution in [2.75, 3.05) is 18.0 Å². The lowest BCUT2D eigenvalue weighted by Crippen LogP contribution is -2.32. The first kappa shape index (κ1) is 12.4. The van der Waals surface area contributed by atoms with Crippen LogP contribution in [0.4, 0.5) is 5.69 Å². The van der Waals surface area contributed by atoms with Crippen molar-refractivity contribution in [2.24, 2.45) is 11.7 Å². The number of hydrogen-bond acceptors (Lipinski definition) is 2. The maximum Gasteiger partial charge on any atom is 0.0369 e. The number of benzene rings is 1. The monoisotopic (exact) mass is 232 g/mol. The van der Waals surface area contributed by atoms with Crippen molar-refractivity contribution in [1.29, 1.82) is 0 Å². The van der Waals surface area contributed by atoms with Crippen molar-refractivity contribution < 1.29 is 0 Å². The molecular weight excluding hydrogens is 208 g/mol. The summed E-state index contributed by atoms with van der Waals surface area (Å²) in [5.74, 6) is 0.921. The number of nitrogens with zero attached hydrogens (tertiary/aromatic N) is 1. The van der Waals surface area contributed by atoms with Gasteiger partial charge in [-0.3, -0.25) is 0 Å². The quantitative estimate of drug-likeness (QED) is 0.845. The molecule has 2 rings (SSSR count). The van der Waals surface area contributed by atoms with Crippen LogP contribution in [0.3, 0.4) is 0 Å². The van der Waals surface area contributed by atoms with Crippen LogP contribution in [0, 0.1) is 12.8 Å². The minimum absolute atomic E-state index is 0.640. The van der Waals surface area contributed by atoms with Crippen molar-refractivity contribution in [3.8, 4) is 0 Å². The number of nitrogens with two attached hydrogens (primary N) is 1. The molecule has 2 nitrogen and oxygen atoms in total. The molecule has 1 aromatic rings. The maximum atomic E-state index is 5.71. The van der Waals surface area contributed by atoms with E-state index in [-0.39, 0.29) is 0 Å². The second-order valence-electron chi connectivity index (χ2n) is 5.15. The summed E-state index contributed by atoms with van der Waals surface area (Å²) in [5, 5.41) is 0. The van der Waals surface area contributed by atoms with Crippen molar-refractivity contribution in [3.63, 3.8) is 0 Å². The molecule has 0 aliphatic heterocycles. The van der Waals surface area contributed by atoms with Gasteiger partial charge in [-0.1, -0.05) is 12.5 Å². The van der Waals surface area contributed by atoms with Gasteiger partial charge in [-0.25, -0.2) is 0 Å². The Bertz CT molecular complexity index is 369. The molecule has 0 heterocycles. The Kier molecular flexibility index (Phi) is 4.06. The van der Waals surface area contributed by atoms with Gasteiger partial charge in [0.2, 0.25) is 0 Å². The molecule has 0 spiro atoms. The first-order valence-electron chi connectivity index (χ1n) is 6.79. The highest BCUT2D eigenvalue weighted by Crippen LogP contribution is 2.29. The lowest BCUT2D eigenvalue weighted by molar-refractivity contribution is 0.318. The van der Waals surface area contributed by atoms with E-state index in [1.165, 1.54) is 42.6 Å². The second-order valence-corrected chi connectivity index (χ2v) is 5.15. The molecule has 1 aliphatic rings. The van der Waals surface area contributed by atoms with Crippen LogP contribution in [0.5, 0.6) is 0 Å². The van der Waals surface area contributed by atoms with Crippen molar-refractivity contribution in [3.05, 3.63) is 29.3 Å². The van der Waals surface area contributed by atoms with Gasteiger partial charge in [0, 0.05) is 25.3 Å². The van der Waals surface area contributed by atoms with Crippen LogP contribution in [0.15, 0.2) is 18.2 Å². The molecule has 1 saturated carbocycles. The van der Waals surface area contributed by atoms with Crippen LogP contribution in [-0.4, -0.2) is 13.1 Å². The normalized spacial score (nSPS) is 15.7. The molecule has 1 fully saturated rings. The summed E-state index contributed by atoms with van der Waals surface area (Å²) in [4.78, 5) is 2.50. The predicted octanol–water partition coefficient (Wildman–Crippen LogP) is 3.08. The van der Waals surface area contributed by atoms with Gasteiger partial charge in [0.15, 0.2) is 0 Å². The number of anilines is 1. The third-order valence-corrected chi connectivity index (χ3v) is 4.00. The van der Waals surface area contributed by atoms with Gasteiger partial charge >= 0.3 is 0 Å². The minimum Gasteiger partial charge on any atom is -0.372 e. The van der Waals surface area contributed by atoms with Gasteiger partial charge in [0.1, 0.15) is 0 Å². The maximum absolute atomic E-state index is 5.71. The highest BCUT2D eigenvalue weighted by Gasteiger charge is 2.20. The Hall–Kier alpha value is -1.02. The van der Waals surface area contributed by atoms with E-state index in [0.29, 0.717) is 6.54 Å². The van der Waals surface area contributed by atoms with Crippen LogP contribution in [-0.2, 0) is 6.54 Å². The largest absolute Gasteiger partial charge is 0.372 e. The molecule has 0 atom stereocenters. The fourth-order valence-electron chi connectivity index (χ4n) is 2.51. The topological polar surface area (TPSA) is 29.3 Å². The Morgan fingerprint density at radius 2 is 2.12 bits per heavy atom. The van der Waals surface area contributed by atoms with Gasteiger partial charge in [-0.05, 0) is 55.9 Å². The van der Waals surface area contributed by atoms with E-state index in [0.717, 1.165) is 12.5 Å². The molecular formula is C15H24N2. The average Bonchev–Trinajstić information content (AvgIpc) is 2.28. The van der Waals surface area contributed by atoms with E-state index in [4.69, 9.17) is 5.73 Å². The van der Waals surface area contributed by atoms with Gasteiger partial charge < -0.3 is 10.6 Å². The molecule has 1 aliphatic carbocycles. The van der Waals surface area contributed by atoms with E-state index in [9.17, 15) is 0 Å². The van der Waals surface area contributed by atoms with Gasteiger partial charge in [-0.15, -0.1) is 0 Å². The summed E-state index contributed by atoms with van der Waals surface area (Å²) >= 11 is 0. The molecule has 0 amide bonds. The predicted molar refractivity (Wildman–Crippen MR) is 74.3 cm³/mol. The summed E-state index contributed by atoms with van der Waals surface area (Å²) in [6.45, 7) is 7.35. The van der Waals surface area contributed by atoms with Crippen molar-refractivity contribution >= 4 is 5.69 Å². The Labute approximate surface area is 105 Å². The zero-order valence-electron chi connectivity index (χ0n) is 11.1. The SMILES string of the molecule is CCN(CC1CCC1)c1ccc(CN)c(C)c1. The molecule has 1 aromatic carbocycles. The van der Waals surface area contributed by atoms with Gasteiger partial charge in [0.25, 0.3) is 0 Å². The van der Waals surface area contributed by atoms with Crippen LogP contribution < -0.4 is 10.6 Å². The van der Waals surface area contributed by atoms with E-state index < -0.39 is 0 Å². The standard InChI is InChI=1S/C15H24N2/c1-3-17(11-13-5-4-6-13)15-8-7-14(10-16)12(2)9-15/h7-9,13H,3-6,10-11,16H2,1-2H3. The summed E-state index contributed by atoms with van der Waals surface area (Å²) < 4.78 is 0. The smallest absolute Gasteiger partial charge is 0.0369 e. The highest BCUT2D eigenvalue weighted by molar-refractivity contribution is 5.50. The Balaban J connectivity index is 2.09. The van der Waals surface area contributed by atoms with E-state index >= 15 is 0 Å². The molecule has 17 heavy (non-hydrogen) atoms. The molecule has 2 N–H and O–H groups in total. The van der Waals surface area contributed by atoms with Gasteiger partial charge in [-0.2, -0.15) is 0 Å². The van der Waals surface area contributed by atoms with Crippen LogP contribution >= 0.6 is 0 Å². The van der Waals surface area contributed by atoms with Crippen molar-refractivity contribution in [1.82, 2.24) is 0 Å². The summed E-state index contributed by atoms with van der Waals surface area (Å²) in [7, 11) is 0. The lowest BCUT2D eigenvalue weighted by Gasteiger charge is -2.33. The molecule has 2 heteroatoms. The third-order valence-electron chi connectivity index (χ3n) is 4.00. The van der Waals surface area contributed by atoms with Gasteiger partial charge in [0.05, 0.1) is 0 Å². The fourth-order valence-corrected chi connectivity index (χ4v) is 2.51. The number of hydrogen-bond donors (Lipinski definition) is 1. The fraction of sp³-hybridized carbons (Fsp3) is 0.600. The Morgan fingerprint density at radius 1 is 1.35 bits per heavy atom. The zero-order chi connectivity index (χ0) is 12.3. The van der Waals surface area contributed by atoms with E-state index in [2.05, 4.69) is 36.9 Å². The second kappa shape index (κ2) is 5.54. The van der Waals surface area contributed by atoms with E-state index in [1.807, 2.05) is 0 Å². The van der Waals surface area contributed by atoms with Crippen LogP contribution in [0.2, 0.25) is 0 Å². The zero-order valence-corrected chi connectivity index (χ0v) is 11.1. The first-order chi connectivity index (χ1) is 8.24. The highest BCUT2D eigenvalue weighted by atomic mass is 15.1. The number of aryl methyl sites for hydroxylation is 1. The molecule has 0 bridgehead atoms. The third kappa shape index (κ3) is 2.81. The van der Waals surface area contributed by atoms with Crippen LogP contribution in [0.25, 0.3) is 0 Å². The number of rotatable bonds is 5. The minimum atomic E-state index is 0.640. The summed E-state index contributed by atoms with van der Waals surface area (Å²) in [5.41, 5.74) is 9.64. The summed E-state index contributed by atoms with van der Waals surface area (Å²) in [6.07, 6.45) is 4.25. The first-order valence-corrected chi connectivity index (χ1v) is 6.79. The lowest BCUT2D eigenvalue weighted by atomic mass is 9.85. The molecule has 94 valence electrons. The molecule has 0 radical (unpaired) electrons. The van der Waals surface area contributed by atoms with Crippen LogP contribution in [0.1, 0.15) is 37.3 Å². The Morgan fingerprint density at radius 3 is 2.59 bits per heavy atom. The average molecular weight is 232 g/mol.